The third kappa shape index (κ3) is 1.79. The fraction of sp³-hybridized carbons (Fsp3) is 0.833. The van der Waals surface area contributed by atoms with Gasteiger partial charge in [0.15, 0.2) is 5.29 Å². The number of rotatable bonds is 2. The van der Waals surface area contributed by atoms with Crippen LogP contribution in [-0.2, 0) is 0 Å². The zero-order valence-corrected chi connectivity index (χ0v) is 7.26. The predicted molar refractivity (Wildman–Crippen MR) is 38.6 cm³/mol. The van der Waals surface area contributed by atoms with Gasteiger partial charge >= 0.3 is 0 Å². The van der Waals surface area contributed by atoms with Crippen molar-refractivity contribution >= 4 is 8.80 Å². The second-order valence-corrected chi connectivity index (χ2v) is 5.71. The van der Waals surface area contributed by atoms with Gasteiger partial charge in [0.25, 0.3) is 0 Å². The van der Waals surface area contributed by atoms with Gasteiger partial charge in [-0.15, -0.1) is 0 Å². The van der Waals surface area contributed by atoms with E-state index in [4.69, 9.17) is 5.26 Å². The number of alkyl halides is 1. The Morgan fingerprint density at radius 1 is 1.67 bits per heavy atom. The van der Waals surface area contributed by atoms with Crippen molar-refractivity contribution in [2.24, 2.45) is 0 Å². The molecule has 0 aliphatic carbocycles. The molecule has 0 bridgehead atoms. The highest BCUT2D eigenvalue weighted by Gasteiger charge is 2.31. The van der Waals surface area contributed by atoms with Crippen LogP contribution in [0.1, 0.15) is 13.3 Å². The molecule has 3 heteroatoms. The number of nitrogens with zero attached hydrogens (tertiary/aromatic N) is 1. The SMILES string of the molecule is CCC(F)(C#N)[SiH](C)C. The van der Waals surface area contributed by atoms with Crippen LogP contribution >= 0.6 is 0 Å². The van der Waals surface area contributed by atoms with Crippen molar-refractivity contribution in [3.05, 3.63) is 0 Å². The molecule has 0 rings (SSSR count). The Balaban J connectivity index is 4.14. The minimum atomic E-state index is -1.47. The molecule has 1 nitrogen and oxygen atoms in total. The zero-order valence-electron chi connectivity index (χ0n) is 6.11. The van der Waals surface area contributed by atoms with E-state index in [0.717, 1.165) is 0 Å². The Morgan fingerprint density at radius 2 is 2.11 bits per heavy atom. The van der Waals surface area contributed by atoms with Gasteiger partial charge < -0.3 is 0 Å². The third-order valence-electron chi connectivity index (χ3n) is 1.62. The monoisotopic (exact) mass is 145 g/mol. The number of hydrogen-bond acceptors (Lipinski definition) is 1. The summed E-state index contributed by atoms with van der Waals surface area (Å²) in [6.45, 7) is 5.43. The van der Waals surface area contributed by atoms with E-state index in [-0.39, 0.29) is 0 Å². The zero-order chi connectivity index (χ0) is 7.49. The van der Waals surface area contributed by atoms with E-state index in [9.17, 15) is 4.39 Å². The first-order valence-corrected chi connectivity index (χ1v) is 6.05. The Morgan fingerprint density at radius 3 is 2.11 bits per heavy atom. The van der Waals surface area contributed by atoms with E-state index in [1.807, 2.05) is 13.1 Å². The maximum atomic E-state index is 13.1. The second-order valence-electron chi connectivity index (χ2n) is 2.48. The molecule has 0 spiro atoms. The van der Waals surface area contributed by atoms with Gasteiger partial charge in [0, 0.05) is 0 Å². The summed E-state index contributed by atoms with van der Waals surface area (Å²) < 4.78 is 13.1. The van der Waals surface area contributed by atoms with Crippen molar-refractivity contribution in [3.63, 3.8) is 0 Å². The van der Waals surface area contributed by atoms with Gasteiger partial charge in [0.1, 0.15) is 0 Å². The number of hydrogen-bond donors (Lipinski definition) is 0. The molecule has 9 heavy (non-hydrogen) atoms. The van der Waals surface area contributed by atoms with Crippen LogP contribution in [0.25, 0.3) is 0 Å². The van der Waals surface area contributed by atoms with Crippen LogP contribution in [-0.4, -0.2) is 14.1 Å². The first-order valence-electron chi connectivity index (χ1n) is 3.17. The first-order chi connectivity index (χ1) is 4.06. The molecule has 0 aromatic rings. The Hall–Kier alpha value is -0.363. The molecule has 0 aliphatic heterocycles. The maximum Gasteiger partial charge on any atom is 0.177 e. The normalized spacial score (nSPS) is 16.9. The molecule has 0 aromatic heterocycles. The molecule has 52 valence electrons. The van der Waals surface area contributed by atoms with Crippen LogP contribution < -0.4 is 0 Å². The van der Waals surface area contributed by atoms with Gasteiger partial charge in [-0.3, -0.25) is 0 Å². The molecule has 0 heterocycles. The highest BCUT2D eigenvalue weighted by molar-refractivity contribution is 6.60. The Kier molecular flexibility index (Phi) is 2.85. The van der Waals surface area contributed by atoms with Crippen molar-refractivity contribution in [1.82, 2.24) is 0 Å². The quantitative estimate of drug-likeness (QED) is 0.542. The minimum Gasteiger partial charge on any atom is -0.232 e. The van der Waals surface area contributed by atoms with Crippen LogP contribution in [0.4, 0.5) is 4.39 Å². The minimum absolute atomic E-state index is 0.341. The summed E-state index contributed by atoms with van der Waals surface area (Å²) in [4.78, 5) is 0. The lowest BCUT2D eigenvalue weighted by Crippen LogP contribution is -2.34. The average molecular weight is 145 g/mol. The van der Waals surface area contributed by atoms with Crippen molar-refractivity contribution in [1.29, 1.82) is 5.26 Å². The summed E-state index contributed by atoms with van der Waals surface area (Å²) in [5, 5.41) is 6.89. The van der Waals surface area contributed by atoms with E-state index in [2.05, 4.69) is 0 Å². The van der Waals surface area contributed by atoms with Crippen LogP contribution in [0.5, 0.6) is 0 Å². The van der Waals surface area contributed by atoms with Gasteiger partial charge in [0.2, 0.25) is 0 Å². The lowest BCUT2D eigenvalue weighted by molar-refractivity contribution is 0.335. The lowest BCUT2D eigenvalue weighted by Gasteiger charge is -2.17. The van der Waals surface area contributed by atoms with Crippen molar-refractivity contribution in [3.8, 4) is 6.07 Å². The lowest BCUT2D eigenvalue weighted by atomic mass is 10.3. The maximum absolute atomic E-state index is 13.1. The summed E-state index contributed by atoms with van der Waals surface area (Å²) in [5.41, 5.74) is 0. The van der Waals surface area contributed by atoms with Crippen molar-refractivity contribution in [2.75, 3.05) is 0 Å². The van der Waals surface area contributed by atoms with Crippen molar-refractivity contribution < 1.29 is 4.39 Å². The second kappa shape index (κ2) is 2.97. The fourth-order valence-electron chi connectivity index (χ4n) is 0.616. The molecule has 0 fully saturated rings. The highest BCUT2D eigenvalue weighted by atomic mass is 28.3. The molecule has 0 aliphatic rings. The Labute approximate surface area is 57.1 Å². The summed E-state index contributed by atoms with van der Waals surface area (Å²) >= 11 is 0. The van der Waals surface area contributed by atoms with E-state index < -0.39 is 14.1 Å². The topological polar surface area (TPSA) is 23.8 Å². The summed E-state index contributed by atoms with van der Waals surface area (Å²) in [6.07, 6.45) is 0.341. The van der Waals surface area contributed by atoms with E-state index >= 15 is 0 Å². The van der Waals surface area contributed by atoms with Crippen LogP contribution in [0.15, 0.2) is 0 Å². The third-order valence-corrected chi connectivity index (χ3v) is 3.98. The standard InChI is InChI=1S/C6H12FNSi/c1-4-6(7,5-8)9(2)3/h9H,4H2,1-3H3. The van der Waals surface area contributed by atoms with E-state index in [0.29, 0.717) is 6.42 Å². The molecule has 0 N–H and O–H groups in total. The largest absolute Gasteiger partial charge is 0.232 e. The average Bonchev–Trinajstić information content (AvgIpc) is 1.86. The van der Waals surface area contributed by atoms with Gasteiger partial charge in [0.05, 0.1) is 14.9 Å². The van der Waals surface area contributed by atoms with Crippen molar-refractivity contribution in [2.45, 2.75) is 31.7 Å². The molecule has 0 saturated heterocycles. The fourth-order valence-corrected chi connectivity index (χ4v) is 1.69. The van der Waals surface area contributed by atoms with Gasteiger partial charge in [-0.25, -0.2) is 4.39 Å². The Bertz CT molecular complexity index is 130. The molecule has 1 unspecified atom stereocenters. The molecule has 0 amide bonds. The van der Waals surface area contributed by atoms with Crippen LogP contribution in [0, 0.1) is 11.3 Å². The molecule has 0 saturated carbocycles. The van der Waals surface area contributed by atoms with Crippen LogP contribution in [0.3, 0.4) is 0 Å². The van der Waals surface area contributed by atoms with Gasteiger partial charge in [-0.2, -0.15) is 5.26 Å². The van der Waals surface area contributed by atoms with Gasteiger partial charge in [-0.05, 0) is 6.42 Å². The molecular weight excluding hydrogens is 133 g/mol. The first kappa shape index (κ1) is 8.64. The highest BCUT2D eigenvalue weighted by Crippen LogP contribution is 2.17. The molecule has 1 atom stereocenters. The molecular formula is C6H12FNSi. The van der Waals surface area contributed by atoms with Gasteiger partial charge in [-0.1, -0.05) is 20.0 Å². The van der Waals surface area contributed by atoms with E-state index in [1.165, 1.54) is 0 Å². The van der Waals surface area contributed by atoms with Crippen LogP contribution in [0.2, 0.25) is 13.1 Å². The predicted octanol–water partition coefficient (Wildman–Crippen LogP) is 1.65. The number of nitriles is 1. The number of halogens is 1. The summed E-state index contributed by atoms with van der Waals surface area (Å²) in [5.74, 6) is 0. The van der Waals surface area contributed by atoms with E-state index in [1.54, 1.807) is 13.0 Å². The summed E-state index contributed by atoms with van der Waals surface area (Å²) in [6, 6.07) is 1.72. The smallest absolute Gasteiger partial charge is 0.177 e. The molecule has 0 radical (unpaired) electrons. The molecule has 0 aromatic carbocycles. The summed E-state index contributed by atoms with van der Waals surface area (Å²) in [7, 11) is -1.43.